The topological polar surface area (TPSA) is 24.9 Å². The number of pyridine rings is 1. The first-order valence-corrected chi connectivity index (χ1v) is 6.59. The number of halogens is 1. The van der Waals surface area contributed by atoms with Crippen molar-refractivity contribution >= 4 is 29.1 Å². The average Bonchev–Trinajstić information content (AvgIpc) is 2.56. The van der Waals surface area contributed by atoms with Crippen LogP contribution in [0.5, 0.6) is 0 Å². The van der Waals surface area contributed by atoms with Gasteiger partial charge in [0.25, 0.3) is 0 Å². The smallest absolute Gasteiger partial charge is 0.129 e. The molecular formula is C11H15ClN2S. The summed E-state index contributed by atoms with van der Waals surface area (Å²) in [6.45, 7) is 4.26. The molecule has 0 aliphatic carbocycles. The Morgan fingerprint density at radius 3 is 2.93 bits per heavy atom. The molecule has 1 aliphatic heterocycles. The summed E-state index contributed by atoms with van der Waals surface area (Å²) < 4.78 is 0. The predicted molar refractivity (Wildman–Crippen MR) is 67.9 cm³/mol. The normalized spacial score (nSPS) is 25.5. The highest BCUT2D eigenvalue weighted by Gasteiger charge is 2.21. The van der Waals surface area contributed by atoms with Crippen molar-refractivity contribution in [3.05, 3.63) is 23.0 Å². The van der Waals surface area contributed by atoms with Crippen molar-refractivity contribution < 1.29 is 0 Å². The maximum absolute atomic E-state index is 5.81. The highest BCUT2D eigenvalue weighted by atomic mass is 35.5. The SMILES string of the molecule is Cc1nc(Cl)ccc1NC1CSC(C)C1. The van der Waals surface area contributed by atoms with Crippen LogP contribution in [0, 0.1) is 6.92 Å². The van der Waals surface area contributed by atoms with Crippen LogP contribution in [0.1, 0.15) is 19.0 Å². The molecule has 0 amide bonds. The van der Waals surface area contributed by atoms with Crippen LogP contribution in [-0.2, 0) is 0 Å². The Hall–Kier alpha value is -0.410. The van der Waals surface area contributed by atoms with Crippen LogP contribution in [0.15, 0.2) is 12.1 Å². The summed E-state index contributed by atoms with van der Waals surface area (Å²) in [5, 5.41) is 4.85. The number of hydrogen-bond donors (Lipinski definition) is 1. The number of hydrogen-bond acceptors (Lipinski definition) is 3. The third kappa shape index (κ3) is 2.79. The van der Waals surface area contributed by atoms with Gasteiger partial charge in [0.1, 0.15) is 5.15 Å². The van der Waals surface area contributed by atoms with Crippen LogP contribution < -0.4 is 5.32 Å². The van der Waals surface area contributed by atoms with E-state index in [1.165, 1.54) is 12.2 Å². The minimum atomic E-state index is 0.562. The monoisotopic (exact) mass is 242 g/mol. The lowest BCUT2D eigenvalue weighted by Gasteiger charge is -2.14. The van der Waals surface area contributed by atoms with Gasteiger partial charge in [0.15, 0.2) is 0 Å². The highest BCUT2D eigenvalue weighted by Crippen LogP contribution is 2.29. The number of aryl methyl sites for hydroxylation is 1. The molecule has 2 atom stereocenters. The van der Waals surface area contributed by atoms with E-state index in [4.69, 9.17) is 11.6 Å². The second-order valence-corrected chi connectivity index (χ2v) is 5.85. The van der Waals surface area contributed by atoms with Gasteiger partial charge in [-0.15, -0.1) is 0 Å². The largest absolute Gasteiger partial charge is 0.380 e. The summed E-state index contributed by atoms with van der Waals surface area (Å²) >= 11 is 7.84. The second kappa shape index (κ2) is 4.62. The Balaban J connectivity index is 2.04. The first-order chi connectivity index (χ1) is 7.15. The van der Waals surface area contributed by atoms with Gasteiger partial charge in [-0.05, 0) is 25.5 Å². The van der Waals surface area contributed by atoms with E-state index < -0.39 is 0 Å². The molecule has 15 heavy (non-hydrogen) atoms. The van der Waals surface area contributed by atoms with Crippen molar-refractivity contribution in [3.8, 4) is 0 Å². The zero-order valence-electron chi connectivity index (χ0n) is 8.96. The maximum Gasteiger partial charge on any atom is 0.129 e. The Labute approximate surface area is 99.8 Å². The maximum atomic E-state index is 5.81. The molecule has 0 bridgehead atoms. The van der Waals surface area contributed by atoms with Crippen LogP contribution >= 0.6 is 23.4 Å². The predicted octanol–water partition coefficient (Wildman–Crippen LogP) is 3.35. The van der Waals surface area contributed by atoms with E-state index in [1.54, 1.807) is 0 Å². The number of anilines is 1. The van der Waals surface area contributed by atoms with Crippen molar-refractivity contribution in [2.75, 3.05) is 11.1 Å². The van der Waals surface area contributed by atoms with Gasteiger partial charge in [0.2, 0.25) is 0 Å². The molecule has 1 saturated heterocycles. The molecular weight excluding hydrogens is 228 g/mol. The van der Waals surface area contributed by atoms with Crippen molar-refractivity contribution in [3.63, 3.8) is 0 Å². The van der Waals surface area contributed by atoms with Crippen LogP contribution in [0.4, 0.5) is 5.69 Å². The third-order valence-electron chi connectivity index (χ3n) is 2.61. The molecule has 2 rings (SSSR count). The summed E-state index contributed by atoms with van der Waals surface area (Å²) in [5.74, 6) is 1.18. The molecule has 0 saturated carbocycles. The lowest BCUT2D eigenvalue weighted by Crippen LogP contribution is -2.19. The highest BCUT2D eigenvalue weighted by molar-refractivity contribution is 8.00. The first kappa shape index (κ1) is 11.1. The van der Waals surface area contributed by atoms with Gasteiger partial charge in [-0.1, -0.05) is 18.5 Å². The van der Waals surface area contributed by atoms with Gasteiger partial charge in [-0.3, -0.25) is 0 Å². The molecule has 1 aromatic rings. The van der Waals surface area contributed by atoms with E-state index >= 15 is 0 Å². The number of nitrogens with zero attached hydrogens (tertiary/aromatic N) is 1. The van der Waals surface area contributed by atoms with Crippen molar-refractivity contribution in [1.82, 2.24) is 4.98 Å². The number of rotatable bonds is 2. The molecule has 2 unspecified atom stereocenters. The van der Waals surface area contributed by atoms with Gasteiger partial charge < -0.3 is 5.32 Å². The van der Waals surface area contributed by atoms with Crippen LogP contribution in [0.2, 0.25) is 5.15 Å². The summed E-state index contributed by atoms with van der Waals surface area (Å²) in [4.78, 5) is 4.23. The Kier molecular flexibility index (Phi) is 3.42. The fourth-order valence-electron chi connectivity index (χ4n) is 1.82. The quantitative estimate of drug-likeness (QED) is 0.806. The molecule has 0 aromatic carbocycles. The van der Waals surface area contributed by atoms with Gasteiger partial charge in [0, 0.05) is 17.0 Å². The summed E-state index contributed by atoms with van der Waals surface area (Å²) in [6, 6.07) is 4.42. The van der Waals surface area contributed by atoms with Crippen molar-refractivity contribution in [2.45, 2.75) is 31.6 Å². The van der Waals surface area contributed by atoms with Gasteiger partial charge >= 0.3 is 0 Å². The van der Waals surface area contributed by atoms with E-state index in [0.717, 1.165) is 16.6 Å². The van der Waals surface area contributed by atoms with Gasteiger partial charge in [-0.2, -0.15) is 11.8 Å². The zero-order valence-corrected chi connectivity index (χ0v) is 10.5. The van der Waals surface area contributed by atoms with E-state index in [1.807, 2.05) is 30.8 Å². The Bertz CT molecular complexity index is 356. The van der Waals surface area contributed by atoms with E-state index in [9.17, 15) is 0 Å². The lowest BCUT2D eigenvalue weighted by atomic mass is 10.2. The van der Waals surface area contributed by atoms with Crippen LogP contribution in [0.25, 0.3) is 0 Å². The number of nitrogens with one attached hydrogen (secondary N) is 1. The molecule has 0 radical (unpaired) electrons. The summed E-state index contributed by atoms with van der Waals surface area (Å²) in [7, 11) is 0. The fourth-order valence-corrected chi connectivity index (χ4v) is 3.16. The minimum Gasteiger partial charge on any atom is -0.380 e. The van der Waals surface area contributed by atoms with Gasteiger partial charge in [-0.25, -0.2) is 4.98 Å². The van der Waals surface area contributed by atoms with Crippen LogP contribution in [-0.4, -0.2) is 22.0 Å². The summed E-state index contributed by atoms with van der Waals surface area (Å²) in [6.07, 6.45) is 1.23. The van der Waals surface area contributed by atoms with Crippen molar-refractivity contribution in [2.24, 2.45) is 0 Å². The fraction of sp³-hybridized carbons (Fsp3) is 0.545. The molecule has 1 fully saturated rings. The molecule has 1 N–H and O–H groups in total. The summed E-state index contributed by atoms with van der Waals surface area (Å²) in [5.41, 5.74) is 2.09. The second-order valence-electron chi connectivity index (χ2n) is 3.99. The molecule has 0 spiro atoms. The molecule has 1 aromatic heterocycles. The molecule has 82 valence electrons. The lowest BCUT2D eigenvalue weighted by molar-refractivity contribution is 0.745. The van der Waals surface area contributed by atoms with E-state index in [-0.39, 0.29) is 0 Å². The number of aromatic nitrogens is 1. The molecule has 1 aliphatic rings. The molecule has 2 heterocycles. The average molecular weight is 243 g/mol. The first-order valence-electron chi connectivity index (χ1n) is 5.16. The van der Waals surface area contributed by atoms with E-state index in [2.05, 4.69) is 17.2 Å². The Morgan fingerprint density at radius 1 is 1.53 bits per heavy atom. The van der Waals surface area contributed by atoms with Crippen molar-refractivity contribution in [1.29, 1.82) is 0 Å². The Morgan fingerprint density at radius 2 is 2.33 bits per heavy atom. The van der Waals surface area contributed by atoms with Gasteiger partial charge in [0.05, 0.1) is 11.4 Å². The number of thioether (sulfide) groups is 1. The van der Waals surface area contributed by atoms with Crippen LogP contribution in [0.3, 0.4) is 0 Å². The third-order valence-corrected chi connectivity index (χ3v) is 4.18. The minimum absolute atomic E-state index is 0.562. The molecule has 4 heteroatoms. The van der Waals surface area contributed by atoms with E-state index in [0.29, 0.717) is 11.2 Å². The standard InChI is InChI=1S/C11H15ClN2S/c1-7-5-9(6-15-7)14-10-3-4-11(12)13-8(10)2/h3-4,7,9,14H,5-6H2,1-2H3. The zero-order chi connectivity index (χ0) is 10.8. The molecule has 2 nitrogen and oxygen atoms in total.